The van der Waals surface area contributed by atoms with Crippen LogP contribution in [0, 0.1) is 39.9 Å². The molecule has 25 heavy (non-hydrogen) atoms. The standard InChI is InChI=1S/C22H37NO2/c1-15-16-4-8-21(19(15)25)9-5-17-20(2)6-3-7-22(17,18(21)12-16)14-23(13-20)10-11-24/h15-19,24-25H,3-14H2,1-2H3/t15-,16+,17+,18+,19+,20+,21+,22+/m0/s1. The summed E-state index contributed by atoms with van der Waals surface area (Å²) in [6.45, 7) is 8.37. The average molecular weight is 348 g/mol. The predicted molar refractivity (Wildman–Crippen MR) is 99.1 cm³/mol. The lowest BCUT2D eigenvalue weighted by Gasteiger charge is -2.73. The van der Waals surface area contributed by atoms with Gasteiger partial charge < -0.3 is 10.2 Å². The average Bonchev–Trinajstić information content (AvgIpc) is 2.58. The quantitative estimate of drug-likeness (QED) is 0.805. The van der Waals surface area contributed by atoms with E-state index >= 15 is 0 Å². The minimum Gasteiger partial charge on any atom is -0.395 e. The molecule has 3 nitrogen and oxygen atoms in total. The Morgan fingerprint density at radius 1 is 1.00 bits per heavy atom. The summed E-state index contributed by atoms with van der Waals surface area (Å²) in [5.74, 6) is 2.83. The number of aliphatic hydroxyl groups is 2. The molecule has 2 N–H and O–H groups in total. The predicted octanol–water partition coefficient (Wildman–Crippen LogP) is 3.29. The second-order valence-electron chi connectivity index (χ2n) is 10.9. The number of nitrogens with zero attached hydrogens (tertiary/aromatic N) is 1. The van der Waals surface area contributed by atoms with Crippen LogP contribution in [0.2, 0.25) is 0 Å². The first-order valence-corrected chi connectivity index (χ1v) is 11.0. The molecule has 0 amide bonds. The molecule has 1 heterocycles. The van der Waals surface area contributed by atoms with Crippen molar-refractivity contribution in [2.24, 2.45) is 39.9 Å². The Morgan fingerprint density at radius 3 is 2.60 bits per heavy atom. The maximum absolute atomic E-state index is 11.3. The summed E-state index contributed by atoms with van der Waals surface area (Å²) in [5.41, 5.74) is 1.06. The van der Waals surface area contributed by atoms with E-state index in [0.29, 0.717) is 16.7 Å². The van der Waals surface area contributed by atoms with E-state index in [2.05, 4.69) is 18.7 Å². The number of β-amino-alcohol motifs (C(OH)–C–C–N with tert-alkyl or cyclic N) is 1. The van der Waals surface area contributed by atoms with Gasteiger partial charge in [-0.2, -0.15) is 0 Å². The van der Waals surface area contributed by atoms with E-state index < -0.39 is 0 Å². The van der Waals surface area contributed by atoms with Crippen molar-refractivity contribution in [1.82, 2.24) is 4.90 Å². The van der Waals surface area contributed by atoms with Crippen LogP contribution >= 0.6 is 0 Å². The maximum atomic E-state index is 11.3. The monoisotopic (exact) mass is 347 g/mol. The Kier molecular flexibility index (Phi) is 3.71. The number of piperidine rings is 1. The molecule has 6 rings (SSSR count). The van der Waals surface area contributed by atoms with Gasteiger partial charge in [0.05, 0.1) is 12.7 Å². The molecule has 0 aromatic carbocycles. The highest BCUT2D eigenvalue weighted by Crippen LogP contribution is 2.73. The van der Waals surface area contributed by atoms with Crippen LogP contribution in [-0.4, -0.2) is 47.5 Å². The Balaban J connectivity index is 1.58. The highest BCUT2D eigenvalue weighted by molar-refractivity contribution is 5.19. The molecule has 3 heteroatoms. The topological polar surface area (TPSA) is 43.7 Å². The van der Waals surface area contributed by atoms with Gasteiger partial charge in [0.1, 0.15) is 0 Å². The number of likely N-dealkylation sites (tertiary alicyclic amines) is 1. The van der Waals surface area contributed by atoms with Gasteiger partial charge in [-0.05, 0) is 79.4 Å². The largest absolute Gasteiger partial charge is 0.395 e. The number of hydrogen-bond acceptors (Lipinski definition) is 3. The summed E-state index contributed by atoms with van der Waals surface area (Å²) >= 11 is 0. The molecule has 6 aliphatic rings. The smallest absolute Gasteiger partial charge is 0.0627 e. The third-order valence-electron chi connectivity index (χ3n) is 10.1. The second-order valence-corrected chi connectivity index (χ2v) is 10.9. The van der Waals surface area contributed by atoms with E-state index in [9.17, 15) is 10.2 Å². The van der Waals surface area contributed by atoms with E-state index in [0.717, 1.165) is 24.3 Å². The number of rotatable bonds is 2. The highest BCUT2D eigenvalue weighted by atomic mass is 16.3. The molecule has 142 valence electrons. The third kappa shape index (κ3) is 2.04. The fraction of sp³-hybridized carbons (Fsp3) is 1.00. The summed E-state index contributed by atoms with van der Waals surface area (Å²) in [6, 6.07) is 0. The van der Waals surface area contributed by atoms with Crippen LogP contribution in [0.15, 0.2) is 0 Å². The van der Waals surface area contributed by atoms with Crippen molar-refractivity contribution in [1.29, 1.82) is 0 Å². The highest BCUT2D eigenvalue weighted by Gasteiger charge is 2.69. The van der Waals surface area contributed by atoms with Gasteiger partial charge in [0.15, 0.2) is 0 Å². The van der Waals surface area contributed by atoms with E-state index in [1.54, 1.807) is 0 Å². The molecule has 0 unspecified atom stereocenters. The fourth-order valence-corrected chi connectivity index (χ4v) is 9.25. The minimum absolute atomic E-state index is 0.0678. The normalized spacial score (nSPS) is 57.8. The van der Waals surface area contributed by atoms with Gasteiger partial charge >= 0.3 is 0 Å². The van der Waals surface area contributed by atoms with Gasteiger partial charge in [-0.25, -0.2) is 0 Å². The minimum atomic E-state index is -0.0678. The lowest BCUT2D eigenvalue weighted by atomic mass is 9.34. The molecule has 4 bridgehead atoms. The molecule has 0 aromatic heterocycles. The fourth-order valence-electron chi connectivity index (χ4n) is 9.25. The van der Waals surface area contributed by atoms with E-state index in [1.165, 1.54) is 64.5 Å². The molecule has 8 atom stereocenters. The van der Waals surface area contributed by atoms with Crippen molar-refractivity contribution in [2.75, 3.05) is 26.2 Å². The van der Waals surface area contributed by atoms with Crippen molar-refractivity contribution in [2.45, 2.75) is 71.3 Å². The van der Waals surface area contributed by atoms with Crippen molar-refractivity contribution >= 4 is 0 Å². The lowest BCUT2D eigenvalue weighted by molar-refractivity contribution is -0.266. The first-order valence-electron chi connectivity index (χ1n) is 11.0. The lowest BCUT2D eigenvalue weighted by Crippen LogP contribution is -2.71. The maximum Gasteiger partial charge on any atom is 0.0627 e. The zero-order valence-corrected chi connectivity index (χ0v) is 16.2. The molecule has 0 radical (unpaired) electrons. The molecular weight excluding hydrogens is 310 g/mol. The molecule has 1 aliphatic heterocycles. The van der Waals surface area contributed by atoms with Crippen molar-refractivity contribution in [3.8, 4) is 0 Å². The molecule has 6 fully saturated rings. The molecule has 1 spiro atoms. The van der Waals surface area contributed by atoms with E-state index in [4.69, 9.17) is 0 Å². The van der Waals surface area contributed by atoms with Gasteiger partial charge in [-0.3, -0.25) is 4.90 Å². The summed E-state index contributed by atoms with van der Waals surface area (Å²) < 4.78 is 0. The second kappa shape index (κ2) is 5.45. The Bertz CT molecular complexity index is 552. The van der Waals surface area contributed by atoms with Gasteiger partial charge in [-0.15, -0.1) is 0 Å². The summed E-state index contributed by atoms with van der Waals surface area (Å²) in [7, 11) is 0. The van der Waals surface area contributed by atoms with Crippen LogP contribution < -0.4 is 0 Å². The van der Waals surface area contributed by atoms with Crippen LogP contribution in [0.25, 0.3) is 0 Å². The van der Waals surface area contributed by atoms with Crippen LogP contribution in [-0.2, 0) is 0 Å². The summed E-state index contributed by atoms with van der Waals surface area (Å²) in [6.07, 6.45) is 10.7. The van der Waals surface area contributed by atoms with Crippen LogP contribution in [0.1, 0.15) is 65.2 Å². The van der Waals surface area contributed by atoms with Crippen molar-refractivity contribution in [3.05, 3.63) is 0 Å². The summed E-state index contributed by atoms with van der Waals surface area (Å²) in [5, 5.41) is 20.9. The van der Waals surface area contributed by atoms with Crippen molar-refractivity contribution in [3.63, 3.8) is 0 Å². The number of aliphatic hydroxyl groups excluding tert-OH is 2. The van der Waals surface area contributed by atoms with Crippen molar-refractivity contribution < 1.29 is 10.2 Å². The third-order valence-corrected chi connectivity index (χ3v) is 10.1. The first-order chi connectivity index (χ1) is 12.0. The Labute approximate surface area is 153 Å². The van der Waals surface area contributed by atoms with Gasteiger partial charge in [-0.1, -0.05) is 20.3 Å². The zero-order chi connectivity index (χ0) is 17.4. The molecule has 0 aromatic rings. The van der Waals surface area contributed by atoms with Crippen LogP contribution in [0.3, 0.4) is 0 Å². The number of hydrogen-bond donors (Lipinski definition) is 2. The Hall–Kier alpha value is -0.120. The van der Waals surface area contributed by atoms with E-state index in [-0.39, 0.29) is 18.1 Å². The SMILES string of the molecule is C[C@H]1[C@@H]2CC[C@]3(CC[C@@H]4[C@]5(C)CCC[C@]4(CN(CCO)C5)[C@@H]3C2)[C@@H]1O. The van der Waals surface area contributed by atoms with Gasteiger partial charge in [0, 0.05) is 25.0 Å². The van der Waals surface area contributed by atoms with Crippen LogP contribution in [0.4, 0.5) is 0 Å². The molecular formula is C22H37NO2. The molecule has 5 saturated carbocycles. The van der Waals surface area contributed by atoms with Gasteiger partial charge in [0.25, 0.3) is 0 Å². The first kappa shape index (κ1) is 17.0. The summed E-state index contributed by atoms with van der Waals surface area (Å²) in [4.78, 5) is 2.59. The molecule has 5 aliphatic carbocycles. The molecule has 1 saturated heterocycles. The van der Waals surface area contributed by atoms with Gasteiger partial charge in [0.2, 0.25) is 0 Å². The van der Waals surface area contributed by atoms with E-state index in [1.807, 2.05) is 0 Å². The number of fused-ring (bicyclic) bond motifs is 2. The Morgan fingerprint density at radius 2 is 1.80 bits per heavy atom. The zero-order valence-electron chi connectivity index (χ0n) is 16.2. The van der Waals surface area contributed by atoms with Crippen LogP contribution in [0.5, 0.6) is 0 Å².